The molecular formula is C13H19ClN2O3. The van der Waals surface area contributed by atoms with Crippen molar-refractivity contribution in [3.05, 3.63) is 22.7 Å². The second kappa shape index (κ2) is 6.96. The molecular weight excluding hydrogens is 268 g/mol. The van der Waals surface area contributed by atoms with Crippen molar-refractivity contribution in [2.75, 3.05) is 32.9 Å². The summed E-state index contributed by atoms with van der Waals surface area (Å²) >= 11 is 6.20. The number of benzene rings is 1. The number of halogens is 1. The lowest BCUT2D eigenvalue weighted by Crippen LogP contribution is -2.29. The summed E-state index contributed by atoms with van der Waals surface area (Å²) in [5.74, 6) is 1.26. The van der Waals surface area contributed by atoms with Gasteiger partial charge in [0.05, 0.1) is 5.02 Å². The summed E-state index contributed by atoms with van der Waals surface area (Å²) in [6, 6.07) is 3.74. The minimum Gasteiger partial charge on any atom is -0.486 e. The number of nitrogens with two attached hydrogens (primary N) is 1. The Morgan fingerprint density at radius 3 is 2.89 bits per heavy atom. The van der Waals surface area contributed by atoms with Gasteiger partial charge in [0.15, 0.2) is 11.5 Å². The molecule has 0 amide bonds. The highest BCUT2D eigenvalue weighted by Gasteiger charge is 2.19. The minimum absolute atomic E-state index is 0.0140. The van der Waals surface area contributed by atoms with Gasteiger partial charge in [-0.05, 0) is 30.7 Å². The molecule has 6 heteroatoms. The molecule has 1 heterocycles. The fourth-order valence-corrected chi connectivity index (χ4v) is 2.30. The lowest BCUT2D eigenvalue weighted by molar-refractivity contribution is 0.171. The van der Waals surface area contributed by atoms with Gasteiger partial charge in [-0.1, -0.05) is 11.6 Å². The molecule has 0 fully saturated rings. The third-order valence-electron chi connectivity index (χ3n) is 2.98. The van der Waals surface area contributed by atoms with Gasteiger partial charge in [0, 0.05) is 19.2 Å². The van der Waals surface area contributed by atoms with Crippen LogP contribution in [-0.4, -0.2) is 38.0 Å². The summed E-state index contributed by atoms with van der Waals surface area (Å²) in [7, 11) is 0. The molecule has 1 unspecified atom stereocenters. The van der Waals surface area contributed by atoms with Gasteiger partial charge in [-0.15, -0.1) is 0 Å². The standard InChI is InChI=1S/C13H19ClN2O3/c14-10-6-9(11(8-15)16-2-1-3-17)7-12-13(10)19-5-4-18-12/h6-7,11,16-17H,1-5,8,15H2. The molecule has 0 aromatic heterocycles. The molecule has 1 aliphatic heterocycles. The Morgan fingerprint density at radius 2 is 2.16 bits per heavy atom. The van der Waals surface area contributed by atoms with Gasteiger partial charge in [0.25, 0.3) is 0 Å². The first-order valence-corrected chi connectivity index (χ1v) is 6.77. The Kier molecular flexibility index (Phi) is 5.27. The summed E-state index contributed by atoms with van der Waals surface area (Å²) in [4.78, 5) is 0. The zero-order valence-electron chi connectivity index (χ0n) is 10.7. The van der Waals surface area contributed by atoms with Gasteiger partial charge < -0.3 is 25.6 Å². The maximum Gasteiger partial charge on any atom is 0.179 e. The molecule has 0 bridgehead atoms. The predicted octanol–water partition coefficient (Wildman–Crippen LogP) is 1.08. The Labute approximate surface area is 117 Å². The van der Waals surface area contributed by atoms with E-state index in [4.69, 9.17) is 31.9 Å². The van der Waals surface area contributed by atoms with E-state index in [1.807, 2.05) is 12.1 Å². The van der Waals surface area contributed by atoms with E-state index in [2.05, 4.69) is 5.32 Å². The number of aliphatic hydroxyl groups excluding tert-OH is 1. The number of ether oxygens (including phenoxy) is 2. The van der Waals surface area contributed by atoms with Crippen LogP contribution in [0, 0.1) is 0 Å². The Balaban J connectivity index is 2.16. The molecule has 1 aliphatic rings. The zero-order valence-corrected chi connectivity index (χ0v) is 11.4. The van der Waals surface area contributed by atoms with Gasteiger partial charge in [-0.3, -0.25) is 0 Å². The zero-order chi connectivity index (χ0) is 13.7. The van der Waals surface area contributed by atoms with Crippen molar-refractivity contribution >= 4 is 11.6 Å². The fourth-order valence-electron chi connectivity index (χ4n) is 2.02. The monoisotopic (exact) mass is 286 g/mol. The second-order valence-electron chi connectivity index (χ2n) is 4.35. The topological polar surface area (TPSA) is 76.7 Å². The highest BCUT2D eigenvalue weighted by atomic mass is 35.5. The van der Waals surface area contributed by atoms with Crippen LogP contribution in [0.1, 0.15) is 18.0 Å². The third kappa shape index (κ3) is 3.51. The van der Waals surface area contributed by atoms with E-state index >= 15 is 0 Å². The van der Waals surface area contributed by atoms with E-state index in [1.54, 1.807) is 0 Å². The summed E-state index contributed by atoms with van der Waals surface area (Å²) < 4.78 is 11.0. The SMILES string of the molecule is NCC(NCCCO)c1cc(Cl)c2c(c1)OCCO2. The Bertz CT molecular complexity index is 429. The van der Waals surface area contributed by atoms with Crippen LogP contribution < -0.4 is 20.5 Å². The van der Waals surface area contributed by atoms with Crippen molar-refractivity contribution in [3.8, 4) is 11.5 Å². The number of rotatable bonds is 6. The Hall–Kier alpha value is -1.01. The van der Waals surface area contributed by atoms with E-state index in [0.717, 1.165) is 5.56 Å². The van der Waals surface area contributed by atoms with Crippen LogP contribution in [0.15, 0.2) is 12.1 Å². The molecule has 0 spiro atoms. The van der Waals surface area contributed by atoms with Crippen molar-refractivity contribution in [2.45, 2.75) is 12.5 Å². The minimum atomic E-state index is -0.0140. The average Bonchev–Trinajstić information content (AvgIpc) is 2.44. The van der Waals surface area contributed by atoms with E-state index < -0.39 is 0 Å². The highest BCUT2D eigenvalue weighted by Crippen LogP contribution is 2.39. The first kappa shape index (κ1) is 14.4. The van der Waals surface area contributed by atoms with Crippen LogP contribution in [0.3, 0.4) is 0 Å². The second-order valence-corrected chi connectivity index (χ2v) is 4.75. The molecule has 1 aromatic carbocycles. The van der Waals surface area contributed by atoms with Gasteiger partial charge in [0.2, 0.25) is 0 Å². The van der Waals surface area contributed by atoms with Crippen molar-refractivity contribution in [3.63, 3.8) is 0 Å². The first-order valence-electron chi connectivity index (χ1n) is 6.39. The average molecular weight is 287 g/mol. The third-order valence-corrected chi connectivity index (χ3v) is 3.26. The molecule has 19 heavy (non-hydrogen) atoms. The van der Waals surface area contributed by atoms with E-state index in [0.29, 0.717) is 49.2 Å². The number of fused-ring (bicyclic) bond motifs is 1. The fraction of sp³-hybridized carbons (Fsp3) is 0.538. The number of hydrogen-bond acceptors (Lipinski definition) is 5. The first-order chi connectivity index (χ1) is 9.26. The van der Waals surface area contributed by atoms with Crippen molar-refractivity contribution in [1.82, 2.24) is 5.32 Å². The van der Waals surface area contributed by atoms with Crippen molar-refractivity contribution in [1.29, 1.82) is 0 Å². The summed E-state index contributed by atoms with van der Waals surface area (Å²) in [6.45, 7) is 2.34. The molecule has 106 valence electrons. The van der Waals surface area contributed by atoms with E-state index in [9.17, 15) is 0 Å². The normalized spacial score (nSPS) is 15.3. The molecule has 1 aromatic rings. The quantitative estimate of drug-likeness (QED) is 0.682. The van der Waals surface area contributed by atoms with Crippen molar-refractivity contribution in [2.24, 2.45) is 5.73 Å². The lowest BCUT2D eigenvalue weighted by Gasteiger charge is -2.23. The van der Waals surface area contributed by atoms with Gasteiger partial charge >= 0.3 is 0 Å². The molecule has 0 saturated heterocycles. The molecule has 1 atom stereocenters. The maximum absolute atomic E-state index is 8.80. The van der Waals surface area contributed by atoms with Crippen molar-refractivity contribution < 1.29 is 14.6 Å². The highest BCUT2D eigenvalue weighted by molar-refractivity contribution is 6.32. The van der Waals surface area contributed by atoms with Crippen LogP contribution in [0.2, 0.25) is 5.02 Å². The van der Waals surface area contributed by atoms with Crippen LogP contribution in [0.25, 0.3) is 0 Å². The van der Waals surface area contributed by atoms with Crippen LogP contribution >= 0.6 is 11.6 Å². The number of aliphatic hydroxyl groups is 1. The lowest BCUT2D eigenvalue weighted by atomic mass is 10.1. The molecule has 0 radical (unpaired) electrons. The van der Waals surface area contributed by atoms with E-state index in [-0.39, 0.29) is 12.6 Å². The summed E-state index contributed by atoms with van der Waals surface area (Å²) in [5.41, 5.74) is 6.74. The summed E-state index contributed by atoms with van der Waals surface area (Å²) in [5, 5.41) is 12.6. The Morgan fingerprint density at radius 1 is 1.37 bits per heavy atom. The maximum atomic E-state index is 8.80. The van der Waals surface area contributed by atoms with Crippen LogP contribution in [0.5, 0.6) is 11.5 Å². The number of nitrogens with one attached hydrogen (secondary N) is 1. The van der Waals surface area contributed by atoms with Gasteiger partial charge in [-0.25, -0.2) is 0 Å². The van der Waals surface area contributed by atoms with Crippen LogP contribution in [0.4, 0.5) is 0 Å². The largest absolute Gasteiger partial charge is 0.486 e. The number of hydrogen-bond donors (Lipinski definition) is 3. The summed E-state index contributed by atoms with van der Waals surface area (Å²) in [6.07, 6.45) is 0.689. The molecule has 5 nitrogen and oxygen atoms in total. The molecule has 0 saturated carbocycles. The smallest absolute Gasteiger partial charge is 0.179 e. The predicted molar refractivity (Wildman–Crippen MR) is 73.9 cm³/mol. The van der Waals surface area contributed by atoms with Crippen LogP contribution in [-0.2, 0) is 0 Å². The molecule has 2 rings (SSSR count). The van der Waals surface area contributed by atoms with E-state index in [1.165, 1.54) is 0 Å². The van der Waals surface area contributed by atoms with Gasteiger partial charge in [0.1, 0.15) is 13.2 Å². The molecule has 0 aliphatic carbocycles. The van der Waals surface area contributed by atoms with Gasteiger partial charge in [-0.2, -0.15) is 0 Å². The molecule has 4 N–H and O–H groups in total.